The van der Waals surface area contributed by atoms with Crippen LogP contribution in [0.15, 0.2) is 18.2 Å². The zero-order valence-corrected chi connectivity index (χ0v) is 13.9. The van der Waals surface area contributed by atoms with Crippen LogP contribution in [-0.2, 0) is 9.59 Å². The Labute approximate surface area is 136 Å². The van der Waals surface area contributed by atoms with Gasteiger partial charge in [-0.2, -0.15) is 0 Å². The molecule has 1 aliphatic heterocycles. The molecule has 1 N–H and O–H groups in total. The van der Waals surface area contributed by atoms with Crippen LogP contribution in [-0.4, -0.2) is 29.3 Å². The van der Waals surface area contributed by atoms with E-state index in [9.17, 15) is 9.59 Å². The molecule has 1 fully saturated rings. The molecule has 5 heteroatoms. The number of likely N-dealkylation sites (tertiary alicyclic amines) is 1. The van der Waals surface area contributed by atoms with Crippen molar-refractivity contribution >= 4 is 29.1 Å². The highest BCUT2D eigenvalue weighted by molar-refractivity contribution is 6.30. The number of hydrogen-bond acceptors (Lipinski definition) is 2. The normalized spacial score (nSPS) is 18.1. The van der Waals surface area contributed by atoms with Crippen molar-refractivity contribution in [2.24, 2.45) is 0 Å². The van der Waals surface area contributed by atoms with E-state index in [0.29, 0.717) is 10.7 Å². The summed E-state index contributed by atoms with van der Waals surface area (Å²) in [4.78, 5) is 26.3. The maximum Gasteiger partial charge on any atom is 0.233 e. The summed E-state index contributed by atoms with van der Waals surface area (Å²) in [6.07, 6.45) is 4.08. The molecule has 0 aliphatic carbocycles. The van der Waals surface area contributed by atoms with E-state index < -0.39 is 0 Å². The molecule has 120 valence electrons. The number of hydrogen-bond donors (Lipinski definition) is 1. The predicted molar refractivity (Wildman–Crippen MR) is 89.1 cm³/mol. The third-order valence-corrected chi connectivity index (χ3v) is 4.43. The van der Waals surface area contributed by atoms with Crippen molar-refractivity contribution in [2.45, 2.75) is 52.0 Å². The van der Waals surface area contributed by atoms with Crippen LogP contribution in [0.5, 0.6) is 0 Å². The van der Waals surface area contributed by atoms with Crippen LogP contribution in [0.4, 0.5) is 5.69 Å². The molecule has 4 nitrogen and oxygen atoms in total. The van der Waals surface area contributed by atoms with Gasteiger partial charge in [0.25, 0.3) is 0 Å². The quantitative estimate of drug-likeness (QED) is 0.858. The van der Waals surface area contributed by atoms with Crippen LogP contribution >= 0.6 is 11.6 Å². The summed E-state index contributed by atoms with van der Waals surface area (Å²) >= 11 is 5.90. The molecule has 0 saturated carbocycles. The fourth-order valence-corrected chi connectivity index (χ4v) is 3.18. The first-order valence-corrected chi connectivity index (χ1v) is 8.24. The first-order chi connectivity index (χ1) is 10.5. The summed E-state index contributed by atoms with van der Waals surface area (Å²) in [7, 11) is 0. The van der Waals surface area contributed by atoms with Gasteiger partial charge in [0, 0.05) is 23.3 Å². The third kappa shape index (κ3) is 4.23. The number of carbonyl (C=O) groups excluding carboxylic acids is 2. The van der Waals surface area contributed by atoms with E-state index in [-0.39, 0.29) is 24.3 Å². The molecule has 0 spiro atoms. The number of rotatable bonds is 4. The number of nitrogens with zero attached hydrogens (tertiary/aromatic N) is 1. The smallest absolute Gasteiger partial charge is 0.233 e. The maximum absolute atomic E-state index is 12.4. The minimum absolute atomic E-state index is 0.0735. The number of aryl methyl sites for hydroxylation is 1. The molecule has 0 radical (unpaired) electrons. The molecule has 0 bridgehead atoms. The van der Waals surface area contributed by atoms with Gasteiger partial charge in [-0.05, 0) is 56.4 Å². The molecule has 1 saturated heterocycles. The zero-order valence-electron chi connectivity index (χ0n) is 13.2. The van der Waals surface area contributed by atoms with Crippen molar-refractivity contribution in [2.75, 3.05) is 11.9 Å². The molecule has 1 atom stereocenters. The van der Waals surface area contributed by atoms with Crippen LogP contribution in [0.1, 0.15) is 44.6 Å². The molecular weight excluding hydrogens is 300 g/mol. The van der Waals surface area contributed by atoms with E-state index in [1.54, 1.807) is 18.2 Å². The Bertz CT molecular complexity index is 560. The van der Waals surface area contributed by atoms with Crippen LogP contribution in [0.3, 0.4) is 0 Å². The second kappa shape index (κ2) is 7.63. The summed E-state index contributed by atoms with van der Waals surface area (Å²) in [5, 5.41) is 3.43. The van der Waals surface area contributed by atoms with Crippen LogP contribution < -0.4 is 5.32 Å². The van der Waals surface area contributed by atoms with Gasteiger partial charge in [0.1, 0.15) is 6.42 Å². The molecule has 1 unspecified atom stereocenters. The van der Waals surface area contributed by atoms with Crippen molar-refractivity contribution in [3.8, 4) is 0 Å². The highest BCUT2D eigenvalue weighted by atomic mass is 35.5. The van der Waals surface area contributed by atoms with Crippen molar-refractivity contribution in [3.05, 3.63) is 28.8 Å². The summed E-state index contributed by atoms with van der Waals surface area (Å²) in [6, 6.07) is 5.56. The highest BCUT2D eigenvalue weighted by Crippen LogP contribution is 2.22. The molecular formula is C17H23ClN2O2. The van der Waals surface area contributed by atoms with Gasteiger partial charge >= 0.3 is 0 Å². The van der Waals surface area contributed by atoms with E-state index in [2.05, 4.69) is 12.2 Å². The summed E-state index contributed by atoms with van der Waals surface area (Å²) < 4.78 is 0. The Balaban J connectivity index is 1.94. The van der Waals surface area contributed by atoms with Gasteiger partial charge in [0.15, 0.2) is 0 Å². The largest absolute Gasteiger partial charge is 0.339 e. The Hall–Kier alpha value is -1.55. The first-order valence-electron chi connectivity index (χ1n) is 7.86. The number of benzene rings is 1. The van der Waals surface area contributed by atoms with Crippen molar-refractivity contribution in [1.29, 1.82) is 0 Å². The van der Waals surface area contributed by atoms with Crippen LogP contribution in [0.2, 0.25) is 5.02 Å². The van der Waals surface area contributed by atoms with Gasteiger partial charge in [-0.15, -0.1) is 0 Å². The van der Waals surface area contributed by atoms with E-state index >= 15 is 0 Å². The molecule has 0 aromatic heterocycles. The van der Waals surface area contributed by atoms with Gasteiger partial charge in [-0.25, -0.2) is 0 Å². The molecule has 22 heavy (non-hydrogen) atoms. The van der Waals surface area contributed by atoms with Crippen LogP contribution in [0.25, 0.3) is 0 Å². The molecule has 1 heterocycles. The lowest BCUT2D eigenvalue weighted by Crippen LogP contribution is -2.44. The summed E-state index contributed by atoms with van der Waals surface area (Å²) in [5.41, 5.74) is 1.59. The molecule has 2 amide bonds. The number of halogens is 1. The average Bonchev–Trinajstić information content (AvgIpc) is 2.50. The van der Waals surface area contributed by atoms with Crippen molar-refractivity contribution in [3.63, 3.8) is 0 Å². The van der Waals surface area contributed by atoms with Crippen molar-refractivity contribution in [1.82, 2.24) is 4.90 Å². The lowest BCUT2D eigenvalue weighted by molar-refractivity contribution is -0.137. The maximum atomic E-state index is 12.4. The van der Waals surface area contributed by atoms with Gasteiger partial charge in [0.2, 0.25) is 11.8 Å². The predicted octanol–water partition coefficient (Wildman–Crippen LogP) is 3.77. The van der Waals surface area contributed by atoms with Gasteiger partial charge < -0.3 is 10.2 Å². The van der Waals surface area contributed by atoms with Gasteiger partial charge in [-0.1, -0.05) is 18.5 Å². The molecule has 1 aromatic rings. The Morgan fingerprint density at radius 3 is 2.82 bits per heavy atom. The molecule has 1 aromatic carbocycles. The Kier molecular flexibility index (Phi) is 5.83. The summed E-state index contributed by atoms with van der Waals surface area (Å²) in [5.74, 6) is -0.341. The monoisotopic (exact) mass is 322 g/mol. The number of piperidine rings is 1. The lowest BCUT2D eigenvalue weighted by Gasteiger charge is -2.35. The van der Waals surface area contributed by atoms with Crippen LogP contribution in [0, 0.1) is 6.92 Å². The second-order valence-electron chi connectivity index (χ2n) is 5.83. The molecule has 2 rings (SSSR count). The lowest BCUT2D eigenvalue weighted by atomic mass is 9.99. The van der Waals surface area contributed by atoms with E-state index in [4.69, 9.17) is 11.6 Å². The number of carbonyl (C=O) groups is 2. The Morgan fingerprint density at radius 2 is 2.14 bits per heavy atom. The molecule has 1 aliphatic rings. The fourth-order valence-electron chi connectivity index (χ4n) is 2.95. The second-order valence-corrected chi connectivity index (χ2v) is 6.27. The average molecular weight is 323 g/mol. The minimum atomic E-state index is -0.268. The van der Waals surface area contributed by atoms with E-state index in [0.717, 1.165) is 31.4 Å². The highest BCUT2D eigenvalue weighted by Gasteiger charge is 2.26. The fraction of sp³-hybridized carbons (Fsp3) is 0.529. The topological polar surface area (TPSA) is 49.4 Å². The van der Waals surface area contributed by atoms with Crippen molar-refractivity contribution < 1.29 is 9.59 Å². The first kappa shape index (κ1) is 16.8. The standard InChI is InChI=1S/C17H23ClN2O2/c1-3-14-6-4-5-9-20(14)17(22)11-16(21)19-15-8-7-13(18)10-12(15)2/h7-8,10,14H,3-6,9,11H2,1-2H3,(H,19,21). The number of anilines is 1. The zero-order chi connectivity index (χ0) is 16.1. The van der Waals surface area contributed by atoms with Gasteiger partial charge in [-0.3, -0.25) is 9.59 Å². The third-order valence-electron chi connectivity index (χ3n) is 4.19. The SMILES string of the molecule is CCC1CCCCN1C(=O)CC(=O)Nc1ccc(Cl)cc1C. The number of amides is 2. The van der Waals surface area contributed by atoms with E-state index in [1.165, 1.54) is 6.42 Å². The van der Waals surface area contributed by atoms with E-state index in [1.807, 2.05) is 11.8 Å². The Morgan fingerprint density at radius 1 is 1.36 bits per heavy atom. The number of nitrogens with one attached hydrogen (secondary N) is 1. The summed E-state index contributed by atoms with van der Waals surface area (Å²) in [6.45, 7) is 4.74. The minimum Gasteiger partial charge on any atom is -0.339 e. The van der Waals surface area contributed by atoms with Gasteiger partial charge in [0.05, 0.1) is 0 Å².